The van der Waals surface area contributed by atoms with E-state index in [1.807, 2.05) is 0 Å². The first kappa shape index (κ1) is 16.5. The number of unbranched alkanes of at least 4 members (excludes halogenated alkanes) is 3. The summed E-state index contributed by atoms with van der Waals surface area (Å²) >= 11 is 0. The van der Waals surface area contributed by atoms with Crippen molar-refractivity contribution >= 4 is 21.8 Å². The standard InChI is InChI=1S/C12H20N2O5S/c15-11(16)5-3-1-2-4-7-13-12(17)14-10-6-8-20(18,19)9-10/h6,8,10H,1-5,7,9H2,(H,15,16)(H2,13,14,17). The highest BCUT2D eigenvalue weighted by Crippen LogP contribution is 2.07. The van der Waals surface area contributed by atoms with Gasteiger partial charge < -0.3 is 15.7 Å². The van der Waals surface area contributed by atoms with E-state index in [1.165, 1.54) is 6.08 Å². The first-order chi connectivity index (χ1) is 9.39. The van der Waals surface area contributed by atoms with Gasteiger partial charge in [-0.15, -0.1) is 0 Å². The summed E-state index contributed by atoms with van der Waals surface area (Å²) in [6, 6.07) is -0.849. The van der Waals surface area contributed by atoms with Gasteiger partial charge >= 0.3 is 12.0 Å². The summed E-state index contributed by atoms with van der Waals surface area (Å²) in [5.74, 6) is -0.877. The van der Waals surface area contributed by atoms with Crippen LogP contribution in [0.3, 0.4) is 0 Å². The minimum atomic E-state index is -3.15. The molecule has 0 aromatic heterocycles. The van der Waals surface area contributed by atoms with Gasteiger partial charge in [-0.2, -0.15) is 0 Å². The first-order valence-corrected chi connectivity index (χ1v) is 8.28. The average Bonchev–Trinajstić information content (AvgIpc) is 2.67. The molecule has 7 nitrogen and oxygen atoms in total. The fraction of sp³-hybridized carbons (Fsp3) is 0.667. The van der Waals surface area contributed by atoms with Crippen LogP contribution >= 0.6 is 0 Å². The van der Waals surface area contributed by atoms with Gasteiger partial charge in [-0.05, 0) is 18.9 Å². The summed E-state index contributed by atoms with van der Waals surface area (Å²) in [7, 11) is -3.15. The van der Waals surface area contributed by atoms with Gasteiger partial charge in [0.2, 0.25) is 0 Å². The molecular weight excluding hydrogens is 284 g/mol. The Morgan fingerprint density at radius 1 is 1.20 bits per heavy atom. The monoisotopic (exact) mass is 304 g/mol. The van der Waals surface area contributed by atoms with E-state index >= 15 is 0 Å². The van der Waals surface area contributed by atoms with E-state index in [4.69, 9.17) is 5.11 Å². The van der Waals surface area contributed by atoms with E-state index in [1.54, 1.807) is 0 Å². The maximum atomic E-state index is 11.5. The van der Waals surface area contributed by atoms with E-state index in [-0.39, 0.29) is 18.2 Å². The molecule has 1 heterocycles. The molecule has 0 radical (unpaired) electrons. The molecule has 20 heavy (non-hydrogen) atoms. The number of sulfone groups is 1. The maximum absolute atomic E-state index is 11.5. The van der Waals surface area contributed by atoms with Gasteiger partial charge in [-0.1, -0.05) is 12.8 Å². The van der Waals surface area contributed by atoms with Crippen molar-refractivity contribution in [2.45, 2.75) is 38.1 Å². The Bertz CT molecular complexity index is 472. The zero-order chi connectivity index (χ0) is 15.0. The number of hydrogen-bond acceptors (Lipinski definition) is 4. The third-order valence-corrected chi connectivity index (χ3v) is 4.25. The molecule has 1 aliphatic rings. The van der Waals surface area contributed by atoms with Gasteiger partial charge in [-0.3, -0.25) is 4.79 Å². The summed E-state index contributed by atoms with van der Waals surface area (Å²) in [4.78, 5) is 21.7. The number of carbonyl (C=O) groups excluding carboxylic acids is 1. The third-order valence-electron chi connectivity index (χ3n) is 2.85. The quantitative estimate of drug-likeness (QED) is 0.569. The minimum absolute atomic E-state index is 0.0877. The lowest BCUT2D eigenvalue weighted by Crippen LogP contribution is -2.42. The summed E-state index contributed by atoms with van der Waals surface area (Å²) in [5, 5.41) is 14.8. The molecule has 114 valence electrons. The molecule has 1 atom stereocenters. The molecule has 8 heteroatoms. The Balaban J connectivity index is 2.01. The number of carboxylic acids is 1. The van der Waals surface area contributed by atoms with Gasteiger partial charge in [-0.25, -0.2) is 13.2 Å². The highest BCUT2D eigenvalue weighted by Gasteiger charge is 2.22. The number of nitrogens with one attached hydrogen (secondary N) is 2. The zero-order valence-corrected chi connectivity index (χ0v) is 12.0. The smallest absolute Gasteiger partial charge is 0.315 e. The van der Waals surface area contributed by atoms with Crippen molar-refractivity contribution < 1.29 is 23.1 Å². The Labute approximate surface area is 118 Å². The van der Waals surface area contributed by atoms with Crippen LogP contribution in [0.5, 0.6) is 0 Å². The third kappa shape index (κ3) is 7.13. The second kappa shape index (κ2) is 7.88. The summed E-state index contributed by atoms with van der Waals surface area (Å²) in [6.07, 6.45) is 4.72. The topological polar surface area (TPSA) is 113 Å². The number of carbonyl (C=O) groups is 2. The second-order valence-corrected chi connectivity index (χ2v) is 6.65. The van der Waals surface area contributed by atoms with E-state index in [0.717, 1.165) is 24.7 Å². The first-order valence-electron chi connectivity index (χ1n) is 6.56. The lowest BCUT2D eigenvalue weighted by atomic mass is 10.1. The molecule has 1 rings (SSSR count). The largest absolute Gasteiger partial charge is 0.481 e. The van der Waals surface area contributed by atoms with Crippen LogP contribution in [-0.4, -0.2) is 43.9 Å². The molecule has 1 unspecified atom stereocenters. The molecule has 0 aliphatic carbocycles. The maximum Gasteiger partial charge on any atom is 0.315 e. The van der Waals surface area contributed by atoms with Crippen molar-refractivity contribution in [1.82, 2.24) is 10.6 Å². The Hall–Kier alpha value is -1.57. The van der Waals surface area contributed by atoms with Crippen LogP contribution < -0.4 is 10.6 Å². The fourth-order valence-corrected chi connectivity index (χ4v) is 3.08. The summed E-state index contributed by atoms with van der Waals surface area (Å²) in [5.41, 5.74) is 0. The van der Waals surface area contributed by atoms with Crippen LogP contribution in [0.25, 0.3) is 0 Å². The van der Waals surface area contributed by atoms with Crippen LogP contribution in [0.4, 0.5) is 4.79 Å². The molecule has 0 saturated carbocycles. The van der Waals surface area contributed by atoms with Crippen LogP contribution in [0, 0.1) is 0 Å². The summed E-state index contributed by atoms with van der Waals surface area (Å²) in [6.45, 7) is 0.488. The van der Waals surface area contributed by atoms with E-state index in [0.29, 0.717) is 13.0 Å². The molecule has 0 aromatic carbocycles. The summed E-state index contributed by atoms with van der Waals surface area (Å²) < 4.78 is 22.3. The second-order valence-electron chi connectivity index (χ2n) is 4.72. The fourth-order valence-electron chi connectivity index (χ4n) is 1.84. The molecule has 2 amide bonds. The van der Waals surface area contributed by atoms with Crippen LogP contribution in [-0.2, 0) is 14.6 Å². The normalized spacial score (nSPS) is 19.7. The molecule has 0 spiro atoms. The van der Waals surface area contributed by atoms with Crippen molar-refractivity contribution in [3.05, 3.63) is 11.5 Å². The van der Waals surface area contributed by atoms with Gasteiger partial charge in [0.1, 0.15) is 0 Å². The van der Waals surface area contributed by atoms with Crippen LogP contribution in [0.2, 0.25) is 0 Å². The molecule has 0 bridgehead atoms. The lowest BCUT2D eigenvalue weighted by molar-refractivity contribution is -0.137. The number of aliphatic carboxylic acids is 1. The van der Waals surface area contributed by atoms with E-state index < -0.39 is 21.8 Å². The number of amides is 2. The molecule has 0 fully saturated rings. The van der Waals surface area contributed by atoms with Crippen molar-refractivity contribution in [3.63, 3.8) is 0 Å². The number of carboxylic acid groups (broad SMARTS) is 1. The molecule has 0 aromatic rings. The van der Waals surface area contributed by atoms with Crippen LogP contribution in [0.15, 0.2) is 11.5 Å². The number of hydrogen-bond donors (Lipinski definition) is 3. The Kier molecular flexibility index (Phi) is 6.50. The van der Waals surface area contributed by atoms with Gasteiger partial charge in [0.15, 0.2) is 9.84 Å². The van der Waals surface area contributed by atoms with Crippen LogP contribution in [0.1, 0.15) is 32.1 Å². The molecule has 1 aliphatic heterocycles. The van der Waals surface area contributed by atoms with Crippen molar-refractivity contribution in [2.75, 3.05) is 12.3 Å². The number of rotatable bonds is 8. The van der Waals surface area contributed by atoms with Gasteiger partial charge in [0.05, 0.1) is 11.8 Å². The zero-order valence-electron chi connectivity index (χ0n) is 11.2. The lowest BCUT2D eigenvalue weighted by Gasteiger charge is -2.11. The van der Waals surface area contributed by atoms with E-state index in [9.17, 15) is 18.0 Å². The predicted molar refractivity (Wildman–Crippen MR) is 74.0 cm³/mol. The minimum Gasteiger partial charge on any atom is -0.481 e. The Morgan fingerprint density at radius 2 is 1.90 bits per heavy atom. The van der Waals surface area contributed by atoms with Crippen molar-refractivity contribution in [1.29, 1.82) is 0 Å². The highest BCUT2D eigenvalue weighted by atomic mass is 32.2. The molecular formula is C12H20N2O5S. The molecule has 0 saturated heterocycles. The van der Waals surface area contributed by atoms with Gasteiger partial charge in [0.25, 0.3) is 0 Å². The highest BCUT2D eigenvalue weighted by molar-refractivity contribution is 7.94. The SMILES string of the molecule is O=C(O)CCCCCCNC(=O)NC1C=CS(=O)(=O)C1. The average molecular weight is 304 g/mol. The van der Waals surface area contributed by atoms with E-state index in [2.05, 4.69) is 10.6 Å². The number of urea groups is 1. The Morgan fingerprint density at radius 3 is 2.50 bits per heavy atom. The van der Waals surface area contributed by atoms with Crippen molar-refractivity contribution in [3.8, 4) is 0 Å². The molecule has 3 N–H and O–H groups in total. The van der Waals surface area contributed by atoms with Crippen molar-refractivity contribution in [2.24, 2.45) is 0 Å². The van der Waals surface area contributed by atoms with Gasteiger partial charge in [0, 0.05) is 18.4 Å². The predicted octanol–water partition coefficient (Wildman–Crippen LogP) is 0.631.